The van der Waals surface area contributed by atoms with Gasteiger partial charge in [0.05, 0.1) is 11.8 Å². The zero-order chi connectivity index (χ0) is 18.5. The van der Waals surface area contributed by atoms with Crippen LogP contribution in [0, 0.1) is 19.8 Å². The van der Waals surface area contributed by atoms with E-state index >= 15 is 0 Å². The molecule has 1 aliphatic carbocycles. The van der Waals surface area contributed by atoms with Crippen LogP contribution in [0.25, 0.3) is 6.08 Å². The monoisotopic (exact) mass is 350 g/mol. The Morgan fingerprint density at radius 1 is 1.04 bits per heavy atom. The minimum atomic E-state index is -0.303. The topological polar surface area (TPSA) is 64.8 Å². The van der Waals surface area contributed by atoms with Crippen molar-refractivity contribution in [2.45, 2.75) is 39.2 Å². The molecule has 0 aromatic heterocycles. The average molecular weight is 350 g/mol. The molecule has 0 radical (unpaired) electrons. The fourth-order valence-electron chi connectivity index (χ4n) is 3.66. The molecule has 1 fully saturated rings. The van der Waals surface area contributed by atoms with Gasteiger partial charge in [0.2, 0.25) is 0 Å². The Kier molecular flexibility index (Phi) is 5.86. The summed E-state index contributed by atoms with van der Waals surface area (Å²) >= 11 is 0. The molecular formula is C22H26N2O2. The Hall–Kier alpha value is -2.43. The SMILES string of the molecule is Cc1ccc(/C=C2\CCCC(C(NO)c3ccc(C)cc3)\C2=N/O)cc1. The number of hydrogen-bond donors (Lipinski definition) is 3. The molecule has 4 nitrogen and oxygen atoms in total. The van der Waals surface area contributed by atoms with Crippen LogP contribution in [0.2, 0.25) is 0 Å². The van der Waals surface area contributed by atoms with Crippen molar-refractivity contribution in [1.82, 2.24) is 5.48 Å². The van der Waals surface area contributed by atoms with Crippen molar-refractivity contribution >= 4 is 11.8 Å². The molecule has 0 spiro atoms. The van der Waals surface area contributed by atoms with Gasteiger partial charge in [-0.2, -0.15) is 5.48 Å². The van der Waals surface area contributed by atoms with E-state index < -0.39 is 0 Å². The minimum Gasteiger partial charge on any atom is -0.411 e. The van der Waals surface area contributed by atoms with E-state index in [0.717, 1.165) is 36.0 Å². The van der Waals surface area contributed by atoms with Gasteiger partial charge >= 0.3 is 0 Å². The third-order valence-corrected chi connectivity index (χ3v) is 5.15. The third kappa shape index (κ3) is 4.03. The lowest BCUT2D eigenvalue weighted by Gasteiger charge is -2.31. The molecule has 2 aromatic carbocycles. The van der Waals surface area contributed by atoms with Crippen molar-refractivity contribution in [3.63, 3.8) is 0 Å². The molecule has 4 heteroatoms. The number of benzene rings is 2. The molecule has 136 valence electrons. The first-order chi connectivity index (χ1) is 12.6. The summed E-state index contributed by atoms with van der Waals surface area (Å²) in [6.07, 6.45) is 4.81. The molecule has 0 aliphatic heterocycles. The number of rotatable bonds is 4. The maximum Gasteiger partial charge on any atom is 0.0878 e. The molecule has 26 heavy (non-hydrogen) atoms. The normalized spacial score (nSPS) is 21.9. The maximum absolute atomic E-state index is 9.81. The standard InChI is InChI=1S/C22H26N2O2/c1-15-6-10-17(11-7-15)14-19-4-3-5-20(22(19)24-26)21(23-25)18-12-8-16(2)9-13-18/h6-14,20-21,23,25-26H,3-5H2,1-2H3/b19-14+,24-22-. The molecular weight excluding hydrogens is 324 g/mol. The molecule has 0 heterocycles. The molecule has 1 saturated carbocycles. The smallest absolute Gasteiger partial charge is 0.0878 e. The van der Waals surface area contributed by atoms with Crippen molar-refractivity contribution in [2.75, 3.05) is 0 Å². The second-order valence-electron chi connectivity index (χ2n) is 7.08. The maximum atomic E-state index is 9.81. The first kappa shape index (κ1) is 18.4. The molecule has 2 unspecified atom stereocenters. The van der Waals surface area contributed by atoms with E-state index in [-0.39, 0.29) is 12.0 Å². The first-order valence-electron chi connectivity index (χ1n) is 9.08. The highest BCUT2D eigenvalue weighted by Crippen LogP contribution is 2.36. The lowest BCUT2D eigenvalue weighted by atomic mass is 9.77. The predicted molar refractivity (Wildman–Crippen MR) is 105 cm³/mol. The van der Waals surface area contributed by atoms with Crippen LogP contribution in [-0.4, -0.2) is 16.1 Å². The summed E-state index contributed by atoms with van der Waals surface area (Å²) in [4.78, 5) is 0. The second kappa shape index (κ2) is 8.30. The molecule has 0 amide bonds. The molecule has 2 aromatic rings. The Labute approximate surface area is 154 Å². The summed E-state index contributed by atoms with van der Waals surface area (Å²) in [5.41, 5.74) is 8.60. The van der Waals surface area contributed by atoms with Gasteiger partial charge in [0.25, 0.3) is 0 Å². The minimum absolute atomic E-state index is 0.0850. The van der Waals surface area contributed by atoms with E-state index in [1.54, 1.807) is 0 Å². The average Bonchev–Trinajstić information content (AvgIpc) is 2.66. The fourth-order valence-corrected chi connectivity index (χ4v) is 3.66. The number of oxime groups is 1. The number of hydroxylamine groups is 1. The van der Waals surface area contributed by atoms with Gasteiger partial charge in [0, 0.05) is 5.92 Å². The van der Waals surface area contributed by atoms with Gasteiger partial charge in [-0.25, -0.2) is 0 Å². The van der Waals surface area contributed by atoms with Gasteiger partial charge < -0.3 is 10.4 Å². The largest absolute Gasteiger partial charge is 0.411 e. The summed E-state index contributed by atoms with van der Waals surface area (Å²) in [5.74, 6) is -0.0850. The lowest BCUT2D eigenvalue weighted by Crippen LogP contribution is -2.34. The van der Waals surface area contributed by atoms with Crippen LogP contribution in [0.15, 0.2) is 59.3 Å². The van der Waals surface area contributed by atoms with Gasteiger partial charge in [-0.3, -0.25) is 0 Å². The van der Waals surface area contributed by atoms with E-state index in [4.69, 9.17) is 0 Å². The number of allylic oxidation sites excluding steroid dienone is 1. The predicted octanol–water partition coefficient (Wildman–Crippen LogP) is 5.04. The highest BCUT2D eigenvalue weighted by molar-refractivity contribution is 6.06. The number of hydrogen-bond acceptors (Lipinski definition) is 4. The van der Waals surface area contributed by atoms with Crippen molar-refractivity contribution in [3.05, 3.63) is 76.4 Å². The number of nitrogens with zero attached hydrogens (tertiary/aromatic N) is 1. The fraction of sp³-hybridized carbons (Fsp3) is 0.318. The Bertz CT molecular complexity index is 792. The molecule has 0 saturated heterocycles. The van der Waals surface area contributed by atoms with Crippen molar-refractivity contribution in [1.29, 1.82) is 0 Å². The first-order valence-corrected chi connectivity index (χ1v) is 9.08. The van der Waals surface area contributed by atoms with E-state index in [9.17, 15) is 10.4 Å². The zero-order valence-corrected chi connectivity index (χ0v) is 15.3. The molecule has 3 rings (SSSR count). The third-order valence-electron chi connectivity index (χ3n) is 5.15. The van der Waals surface area contributed by atoms with Gasteiger partial charge in [-0.1, -0.05) is 64.8 Å². The highest BCUT2D eigenvalue weighted by Gasteiger charge is 2.32. The van der Waals surface area contributed by atoms with Gasteiger partial charge in [-0.15, -0.1) is 0 Å². The quantitative estimate of drug-likeness (QED) is 0.535. The second-order valence-corrected chi connectivity index (χ2v) is 7.08. The highest BCUT2D eigenvalue weighted by atomic mass is 16.5. The van der Waals surface area contributed by atoms with E-state index in [1.165, 1.54) is 11.1 Å². The van der Waals surface area contributed by atoms with Gasteiger partial charge in [-0.05, 0) is 55.9 Å². The molecule has 3 N–H and O–H groups in total. The summed E-state index contributed by atoms with van der Waals surface area (Å²) in [7, 11) is 0. The van der Waals surface area contributed by atoms with E-state index in [0.29, 0.717) is 5.71 Å². The molecule has 2 atom stereocenters. The summed E-state index contributed by atoms with van der Waals surface area (Å²) in [5, 5.41) is 23.2. The Morgan fingerprint density at radius 2 is 1.65 bits per heavy atom. The van der Waals surface area contributed by atoms with Crippen LogP contribution < -0.4 is 5.48 Å². The zero-order valence-electron chi connectivity index (χ0n) is 15.3. The van der Waals surface area contributed by atoms with E-state index in [2.05, 4.69) is 47.9 Å². The van der Waals surface area contributed by atoms with Crippen LogP contribution in [0.4, 0.5) is 0 Å². The van der Waals surface area contributed by atoms with Crippen LogP contribution in [0.5, 0.6) is 0 Å². The molecule has 0 bridgehead atoms. The summed E-state index contributed by atoms with van der Waals surface area (Å²) in [6, 6.07) is 16.1. The Balaban J connectivity index is 1.91. The van der Waals surface area contributed by atoms with Gasteiger partial charge in [0.1, 0.15) is 0 Å². The van der Waals surface area contributed by atoms with Crippen molar-refractivity contribution in [3.8, 4) is 0 Å². The molecule has 1 aliphatic rings. The van der Waals surface area contributed by atoms with E-state index in [1.807, 2.05) is 31.2 Å². The summed E-state index contributed by atoms with van der Waals surface area (Å²) < 4.78 is 0. The Morgan fingerprint density at radius 3 is 2.23 bits per heavy atom. The van der Waals surface area contributed by atoms with Gasteiger partial charge in [0.15, 0.2) is 0 Å². The van der Waals surface area contributed by atoms with Crippen molar-refractivity contribution in [2.24, 2.45) is 11.1 Å². The number of aryl methyl sites for hydroxylation is 2. The summed E-state index contributed by atoms with van der Waals surface area (Å²) in [6.45, 7) is 4.10. The van der Waals surface area contributed by atoms with Crippen molar-refractivity contribution < 1.29 is 10.4 Å². The van der Waals surface area contributed by atoms with Crippen LogP contribution in [0.3, 0.4) is 0 Å². The van der Waals surface area contributed by atoms with Crippen LogP contribution >= 0.6 is 0 Å². The number of nitrogens with one attached hydrogen (secondary N) is 1. The van der Waals surface area contributed by atoms with Crippen LogP contribution in [-0.2, 0) is 0 Å². The lowest BCUT2D eigenvalue weighted by molar-refractivity contribution is 0.106. The van der Waals surface area contributed by atoms with Crippen LogP contribution in [0.1, 0.15) is 47.6 Å².